The minimum atomic E-state index is -0.736. The molecule has 2 fully saturated rings. The Morgan fingerprint density at radius 2 is 1.85 bits per heavy atom. The molecular weight excluding hydrogens is 424 g/mol. The van der Waals surface area contributed by atoms with E-state index in [-0.39, 0.29) is 46.2 Å². The molecule has 0 aromatic rings. The summed E-state index contributed by atoms with van der Waals surface area (Å²) in [7, 11) is 0. The average molecular weight is 469 g/mol. The van der Waals surface area contributed by atoms with Crippen molar-refractivity contribution >= 4 is 18.0 Å². The lowest BCUT2D eigenvalue weighted by Crippen LogP contribution is -2.52. The number of aldehydes is 1. The second kappa shape index (κ2) is 9.59. The highest BCUT2D eigenvalue weighted by atomic mass is 16.4. The molecule has 4 heteroatoms. The van der Waals surface area contributed by atoms with Crippen LogP contribution in [0.15, 0.2) is 35.5 Å². The van der Waals surface area contributed by atoms with Crippen LogP contribution in [0.3, 0.4) is 0 Å². The molecule has 7 atom stereocenters. The summed E-state index contributed by atoms with van der Waals surface area (Å²) in [6.45, 7) is 17.2. The molecule has 34 heavy (non-hydrogen) atoms. The summed E-state index contributed by atoms with van der Waals surface area (Å²) >= 11 is 0. The van der Waals surface area contributed by atoms with E-state index in [2.05, 4.69) is 40.3 Å². The van der Waals surface area contributed by atoms with Crippen molar-refractivity contribution in [1.82, 2.24) is 0 Å². The maximum atomic E-state index is 12.6. The first kappa shape index (κ1) is 26.6. The number of ketones is 1. The second-order valence-corrected chi connectivity index (χ2v) is 12.4. The van der Waals surface area contributed by atoms with Crippen molar-refractivity contribution in [2.75, 3.05) is 0 Å². The number of carbonyl (C=O) groups is 3. The van der Waals surface area contributed by atoms with Crippen LogP contribution in [0.4, 0.5) is 0 Å². The Balaban J connectivity index is 1.96. The van der Waals surface area contributed by atoms with Crippen molar-refractivity contribution in [2.24, 2.45) is 39.9 Å². The van der Waals surface area contributed by atoms with E-state index < -0.39 is 5.97 Å². The lowest BCUT2D eigenvalue weighted by Gasteiger charge is -2.60. The zero-order chi connectivity index (χ0) is 25.5. The number of aliphatic carboxylic acids is 1. The minimum absolute atomic E-state index is 0.0358. The van der Waals surface area contributed by atoms with Crippen molar-refractivity contribution in [3.05, 3.63) is 35.5 Å². The van der Waals surface area contributed by atoms with Gasteiger partial charge in [0.05, 0.1) is 0 Å². The van der Waals surface area contributed by atoms with E-state index in [4.69, 9.17) is 0 Å². The van der Waals surface area contributed by atoms with Gasteiger partial charge >= 0.3 is 5.97 Å². The lowest BCUT2D eigenvalue weighted by atomic mass is 9.44. The SMILES string of the molecule is C=C(C)C1CC=C2C(CCC3(C)C(C(C=O)CC(=O)C=C(C)C)CCC23C)C1(C)CCC(=O)O. The first-order chi connectivity index (χ1) is 15.8. The van der Waals surface area contributed by atoms with Crippen molar-refractivity contribution in [1.29, 1.82) is 0 Å². The standard InChI is InChI=1S/C30H44O4/c1-19(2)16-22(32)17-21(18-31)24-10-14-30(7)26-9-8-23(20(3)4)28(5,13-12-27(33)34)25(26)11-15-29(24,30)6/h9,16,18,21,23-25H,3,8,10-15,17H2,1-2,4-7H3,(H,33,34). The maximum absolute atomic E-state index is 12.6. The molecule has 3 rings (SSSR count). The number of carbonyl (C=O) groups excluding carboxylic acids is 2. The number of hydrogen-bond acceptors (Lipinski definition) is 3. The van der Waals surface area contributed by atoms with Crippen LogP contribution < -0.4 is 0 Å². The summed E-state index contributed by atoms with van der Waals surface area (Å²) in [6.07, 6.45) is 11.2. The molecule has 0 saturated heterocycles. The van der Waals surface area contributed by atoms with Crippen molar-refractivity contribution < 1.29 is 19.5 Å². The highest BCUT2D eigenvalue weighted by Crippen LogP contribution is 2.71. The fourth-order valence-corrected chi connectivity index (χ4v) is 8.26. The Kier molecular flexibility index (Phi) is 7.51. The maximum Gasteiger partial charge on any atom is 0.303 e. The molecular formula is C30H44O4. The van der Waals surface area contributed by atoms with E-state index in [1.165, 1.54) is 5.57 Å². The third-order valence-electron chi connectivity index (χ3n) is 10.2. The smallest absolute Gasteiger partial charge is 0.303 e. The summed E-state index contributed by atoms with van der Waals surface area (Å²) in [5.41, 5.74) is 3.39. The van der Waals surface area contributed by atoms with Gasteiger partial charge in [-0.2, -0.15) is 0 Å². The van der Waals surface area contributed by atoms with Gasteiger partial charge in [0.1, 0.15) is 6.29 Å². The van der Waals surface area contributed by atoms with Crippen LogP contribution in [0, 0.1) is 39.9 Å². The zero-order valence-electron chi connectivity index (χ0n) is 22.1. The van der Waals surface area contributed by atoms with Gasteiger partial charge in [-0.25, -0.2) is 0 Å². The Bertz CT molecular complexity index is 922. The minimum Gasteiger partial charge on any atom is -0.481 e. The lowest BCUT2D eigenvalue weighted by molar-refractivity contribution is -0.138. The molecule has 0 bridgehead atoms. The number of rotatable bonds is 9. The van der Waals surface area contributed by atoms with E-state index in [0.29, 0.717) is 18.8 Å². The molecule has 188 valence electrons. The van der Waals surface area contributed by atoms with Crippen LogP contribution in [0.2, 0.25) is 0 Å². The fraction of sp³-hybridized carbons (Fsp3) is 0.700. The molecule has 0 amide bonds. The molecule has 1 N–H and O–H groups in total. The Morgan fingerprint density at radius 1 is 1.18 bits per heavy atom. The third kappa shape index (κ3) is 4.38. The first-order valence-corrected chi connectivity index (χ1v) is 13.0. The number of fused-ring (bicyclic) bond motifs is 3. The van der Waals surface area contributed by atoms with E-state index in [1.54, 1.807) is 6.08 Å². The predicted molar refractivity (Wildman–Crippen MR) is 136 cm³/mol. The van der Waals surface area contributed by atoms with Crippen LogP contribution in [0.5, 0.6) is 0 Å². The summed E-state index contributed by atoms with van der Waals surface area (Å²) in [5.74, 6) is -0.130. The van der Waals surface area contributed by atoms with Gasteiger partial charge in [-0.3, -0.25) is 9.59 Å². The fourth-order valence-electron chi connectivity index (χ4n) is 8.26. The highest BCUT2D eigenvalue weighted by Gasteiger charge is 2.63. The van der Waals surface area contributed by atoms with Gasteiger partial charge in [0.25, 0.3) is 0 Å². The molecule has 2 saturated carbocycles. The van der Waals surface area contributed by atoms with Crippen molar-refractivity contribution in [3.8, 4) is 0 Å². The van der Waals surface area contributed by atoms with Gasteiger partial charge in [0, 0.05) is 18.8 Å². The third-order valence-corrected chi connectivity index (χ3v) is 10.2. The predicted octanol–water partition coefficient (Wildman–Crippen LogP) is 6.95. The topological polar surface area (TPSA) is 71.4 Å². The van der Waals surface area contributed by atoms with Crippen LogP contribution in [0.25, 0.3) is 0 Å². The highest BCUT2D eigenvalue weighted by molar-refractivity contribution is 5.91. The second-order valence-electron chi connectivity index (χ2n) is 12.4. The molecule has 0 radical (unpaired) electrons. The summed E-state index contributed by atoms with van der Waals surface area (Å²) in [4.78, 5) is 36.3. The van der Waals surface area contributed by atoms with Gasteiger partial charge in [0.2, 0.25) is 0 Å². The largest absolute Gasteiger partial charge is 0.481 e. The van der Waals surface area contributed by atoms with E-state index >= 15 is 0 Å². The monoisotopic (exact) mass is 468 g/mol. The first-order valence-electron chi connectivity index (χ1n) is 13.0. The van der Waals surface area contributed by atoms with Crippen LogP contribution in [0.1, 0.15) is 92.9 Å². The number of hydrogen-bond donors (Lipinski definition) is 1. The van der Waals surface area contributed by atoms with Gasteiger partial charge in [-0.1, -0.05) is 50.1 Å². The summed E-state index contributed by atoms with van der Waals surface area (Å²) < 4.78 is 0. The summed E-state index contributed by atoms with van der Waals surface area (Å²) in [6, 6.07) is 0. The zero-order valence-corrected chi connectivity index (χ0v) is 22.1. The molecule has 3 aliphatic rings. The molecule has 0 spiro atoms. The molecule has 0 aromatic heterocycles. The number of carboxylic acids is 1. The Hall–Kier alpha value is -1.97. The van der Waals surface area contributed by atoms with Gasteiger partial charge in [-0.05, 0) is 99.4 Å². The Labute approximate surface area is 206 Å². The molecule has 0 aliphatic heterocycles. The number of allylic oxidation sites excluding steroid dienone is 5. The van der Waals surface area contributed by atoms with Crippen LogP contribution in [-0.4, -0.2) is 23.1 Å². The quantitative estimate of drug-likeness (QED) is 0.226. The van der Waals surface area contributed by atoms with Gasteiger partial charge < -0.3 is 9.90 Å². The molecule has 0 aromatic carbocycles. The van der Waals surface area contributed by atoms with Crippen LogP contribution in [-0.2, 0) is 14.4 Å². The summed E-state index contributed by atoms with van der Waals surface area (Å²) in [5, 5.41) is 9.47. The molecule has 0 heterocycles. The molecule has 7 unspecified atom stereocenters. The number of carboxylic acid groups (broad SMARTS) is 1. The van der Waals surface area contributed by atoms with E-state index in [1.807, 2.05) is 13.8 Å². The van der Waals surface area contributed by atoms with E-state index in [9.17, 15) is 19.5 Å². The average Bonchev–Trinajstić information content (AvgIpc) is 3.01. The van der Waals surface area contributed by atoms with Crippen molar-refractivity contribution in [2.45, 2.75) is 92.9 Å². The van der Waals surface area contributed by atoms with E-state index in [0.717, 1.165) is 49.5 Å². The molecule has 4 nitrogen and oxygen atoms in total. The van der Waals surface area contributed by atoms with Gasteiger partial charge in [0.15, 0.2) is 5.78 Å². The van der Waals surface area contributed by atoms with Crippen LogP contribution >= 0.6 is 0 Å². The normalized spacial score (nSPS) is 37.6. The van der Waals surface area contributed by atoms with Crippen molar-refractivity contribution in [3.63, 3.8) is 0 Å². The molecule has 3 aliphatic carbocycles. The van der Waals surface area contributed by atoms with Gasteiger partial charge in [-0.15, -0.1) is 0 Å². The Morgan fingerprint density at radius 3 is 2.41 bits per heavy atom.